The average Bonchev–Trinajstić information content (AvgIpc) is 2.06. The Morgan fingerprint density at radius 3 is 2.00 bits per heavy atom. The number of hydrogen-bond acceptors (Lipinski definition) is 2. The Kier molecular flexibility index (Phi) is 19.7. The zero-order chi connectivity index (χ0) is 8.95. The van der Waals surface area contributed by atoms with Gasteiger partial charge >= 0.3 is 0 Å². The van der Waals surface area contributed by atoms with E-state index in [1.54, 1.807) is 0 Å². The van der Waals surface area contributed by atoms with Gasteiger partial charge in [0.1, 0.15) is 0 Å². The van der Waals surface area contributed by atoms with Gasteiger partial charge in [-0.25, -0.2) is 0 Å². The van der Waals surface area contributed by atoms with E-state index in [-0.39, 0.29) is 0 Å². The van der Waals surface area contributed by atoms with Crippen LogP contribution in [0.15, 0.2) is 12.2 Å². The van der Waals surface area contributed by atoms with Crippen molar-refractivity contribution in [3.05, 3.63) is 12.2 Å². The van der Waals surface area contributed by atoms with Gasteiger partial charge in [0, 0.05) is 6.54 Å². The second-order valence-corrected chi connectivity index (χ2v) is 2.33. The van der Waals surface area contributed by atoms with E-state index in [4.69, 9.17) is 5.84 Å². The van der Waals surface area contributed by atoms with Crippen LogP contribution >= 0.6 is 0 Å². The van der Waals surface area contributed by atoms with Gasteiger partial charge in [-0.05, 0) is 20.3 Å². The van der Waals surface area contributed by atoms with E-state index in [9.17, 15) is 0 Å². The molecule has 0 amide bonds. The van der Waals surface area contributed by atoms with Gasteiger partial charge in [-0.2, -0.15) is 0 Å². The Morgan fingerprint density at radius 2 is 1.73 bits per heavy atom. The van der Waals surface area contributed by atoms with E-state index in [1.165, 1.54) is 19.3 Å². The molecular formula is C9H22N2. The summed E-state index contributed by atoms with van der Waals surface area (Å²) in [6.07, 6.45) is 7.75. The first kappa shape index (κ1) is 13.3. The molecule has 0 spiro atoms. The summed E-state index contributed by atoms with van der Waals surface area (Å²) in [5.41, 5.74) is 2.60. The molecule has 0 saturated heterocycles. The summed E-state index contributed by atoms with van der Waals surface area (Å²) in [7, 11) is 0. The first-order valence-electron chi connectivity index (χ1n) is 4.34. The number of allylic oxidation sites excluding steroid dienone is 2. The maximum absolute atomic E-state index is 5.02. The first-order valence-corrected chi connectivity index (χ1v) is 4.34. The van der Waals surface area contributed by atoms with Crippen molar-refractivity contribution in [3.8, 4) is 0 Å². The summed E-state index contributed by atoms with van der Waals surface area (Å²) >= 11 is 0. The molecule has 0 aromatic rings. The molecule has 0 radical (unpaired) electrons. The van der Waals surface area contributed by atoms with Crippen molar-refractivity contribution in [3.63, 3.8) is 0 Å². The fourth-order valence-corrected chi connectivity index (χ4v) is 0.477. The van der Waals surface area contributed by atoms with Gasteiger partial charge in [-0.1, -0.05) is 31.9 Å². The lowest BCUT2D eigenvalue weighted by molar-refractivity contribution is 0.637. The minimum Gasteiger partial charge on any atom is -0.271 e. The molecule has 11 heavy (non-hydrogen) atoms. The van der Waals surface area contributed by atoms with Gasteiger partial charge in [0.2, 0.25) is 0 Å². The molecule has 2 heteroatoms. The molecule has 0 aromatic carbocycles. The van der Waals surface area contributed by atoms with Gasteiger partial charge in [0.05, 0.1) is 0 Å². The average molecular weight is 158 g/mol. The maximum atomic E-state index is 5.02. The maximum Gasteiger partial charge on any atom is 0.00974 e. The van der Waals surface area contributed by atoms with Crippen LogP contribution in [0.1, 0.15) is 40.0 Å². The molecule has 0 unspecified atom stereocenters. The number of hydrazine groups is 1. The fourth-order valence-electron chi connectivity index (χ4n) is 0.477. The Morgan fingerprint density at radius 1 is 1.18 bits per heavy atom. The second-order valence-electron chi connectivity index (χ2n) is 2.33. The SMILES string of the molecule is CC=CC.CCCCCNN. The molecule has 0 rings (SSSR count). The summed E-state index contributed by atoms with van der Waals surface area (Å²) < 4.78 is 0. The quantitative estimate of drug-likeness (QED) is 0.285. The molecule has 0 aliphatic rings. The minimum atomic E-state index is 0.952. The normalized spacial score (nSPS) is 9.45. The molecule has 0 bridgehead atoms. The highest BCUT2D eigenvalue weighted by molar-refractivity contribution is 4.68. The van der Waals surface area contributed by atoms with E-state index in [0.29, 0.717) is 0 Å². The largest absolute Gasteiger partial charge is 0.271 e. The summed E-state index contributed by atoms with van der Waals surface area (Å²) in [5, 5.41) is 0. The van der Waals surface area contributed by atoms with Crippen LogP contribution in [0.25, 0.3) is 0 Å². The Bertz CT molecular complexity index is 62.0. The topological polar surface area (TPSA) is 38.0 Å². The van der Waals surface area contributed by atoms with Gasteiger partial charge in [0.15, 0.2) is 0 Å². The molecular weight excluding hydrogens is 136 g/mol. The van der Waals surface area contributed by atoms with E-state index < -0.39 is 0 Å². The number of hydrogen-bond donors (Lipinski definition) is 2. The van der Waals surface area contributed by atoms with Crippen molar-refractivity contribution >= 4 is 0 Å². The van der Waals surface area contributed by atoms with Crippen LogP contribution in [0, 0.1) is 0 Å². The third kappa shape index (κ3) is 26.1. The highest BCUT2D eigenvalue weighted by Crippen LogP contribution is 1.89. The zero-order valence-corrected chi connectivity index (χ0v) is 8.06. The summed E-state index contributed by atoms with van der Waals surface area (Å²) in [4.78, 5) is 0. The van der Waals surface area contributed by atoms with E-state index >= 15 is 0 Å². The Balaban J connectivity index is 0. The van der Waals surface area contributed by atoms with Crippen LogP contribution in [0.2, 0.25) is 0 Å². The van der Waals surface area contributed by atoms with Crippen LogP contribution in [-0.2, 0) is 0 Å². The highest BCUT2D eigenvalue weighted by Gasteiger charge is 1.79. The monoisotopic (exact) mass is 158 g/mol. The van der Waals surface area contributed by atoms with E-state index in [1.807, 2.05) is 26.0 Å². The molecule has 0 aliphatic carbocycles. The van der Waals surface area contributed by atoms with Crippen molar-refractivity contribution in [1.29, 1.82) is 0 Å². The van der Waals surface area contributed by atoms with E-state index in [2.05, 4.69) is 12.3 Å². The lowest BCUT2D eigenvalue weighted by atomic mass is 10.3. The predicted molar refractivity (Wildman–Crippen MR) is 52.2 cm³/mol. The molecule has 68 valence electrons. The van der Waals surface area contributed by atoms with Gasteiger partial charge in [-0.3, -0.25) is 11.3 Å². The third-order valence-corrected chi connectivity index (χ3v) is 1.26. The smallest absolute Gasteiger partial charge is 0.00974 e. The molecule has 0 aliphatic heterocycles. The van der Waals surface area contributed by atoms with Crippen LogP contribution in [0.5, 0.6) is 0 Å². The van der Waals surface area contributed by atoms with Gasteiger partial charge in [-0.15, -0.1) is 0 Å². The fraction of sp³-hybridized carbons (Fsp3) is 0.778. The first-order chi connectivity index (χ1) is 5.33. The molecule has 3 N–H and O–H groups in total. The van der Waals surface area contributed by atoms with Crippen molar-refractivity contribution in [2.24, 2.45) is 5.84 Å². The number of nitrogens with two attached hydrogens (primary N) is 1. The van der Waals surface area contributed by atoms with Crippen LogP contribution in [0.3, 0.4) is 0 Å². The summed E-state index contributed by atoms with van der Waals surface area (Å²) in [6, 6.07) is 0. The molecule has 0 aromatic heterocycles. The van der Waals surface area contributed by atoms with Crippen LogP contribution in [-0.4, -0.2) is 6.54 Å². The predicted octanol–water partition coefficient (Wildman–Crippen LogP) is 2.22. The minimum absolute atomic E-state index is 0.952. The third-order valence-electron chi connectivity index (χ3n) is 1.26. The summed E-state index contributed by atoms with van der Waals surface area (Å²) in [5.74, 6) is 5.02. The molecule has 0 saturated carbocycles. The van der Waals surface area contributed by atoms with Crippen LogP contribution < -0.4 is 11.3 Å². The number of rotatable bonds is 4. The van der Waals surface area contributed by atoms with Crippen molar-refractivity contribution in [2.75, 3.05) is 6.54 Å². The number of unbranched alkanes of at least 4 members (excludes halogenated alkanes) is 2. The Hall–Kier alpha value is -0.340. The molecule has 0 fully saturated rings. The molecule has 0 heterocycles. The summed E-state index contributed by atoms with van der Waals surface area (Å²) in [6.45, 7) is 7.13. The molecule has 0 atom stereocenters. The van der Waals surface area contributed by atoms with E-state index in [0.717, 1.165) is 6.54 Å². The highest BCUT2D eigenvalue weighted by atomic mass is 15.2. The van der Waals surface area contributed by atoms with Crippen molar-refractivity contribution in [1.82, 2.24) is 5.43 Å². The zero-order valence-electron chi connectivity index (χ0n) is 8.06. The van der Waals surface area contributed by atoms with Crippen molar-refractivity contribution < 1.29 is 0 Å². The molecule has 2 nitrogen and oxygen atoms in total. The second kappa shape index (κ2) is 16.3. The van der Waals surface area contributed by atoms with Crippen molar-refractivity contribution in [2.45, 2.75) is 40.0 Å². The van der Waals surface area contributed by atoms with Gasteiger partial charge in [0.25, 0.3) is 0 Å². The van der Waals surface area contributed by atoms with Crippen LogP contribution in [0.4, 0.5) is 0 Å². The number of nitrogens with one attached hydrogen (secondary N) is 1. The van der Waals surface area contributed by atoms with Gasteiger partial charge < -0.3 is 0 Å². The Labute approximate surface area is 70.8 Å². The lowest BCUT2D eigenvalue weighted by Crippen LogP contribution is -2.22. The standard InChI is InChI=1S/C5H14N2.C4H8/c1-2-3-4-5-7-6;1-3-4-2/h7H,2-6H2,1H3;3-4H,1-2H3. The lowest BCUT2D eigenvalue weighted by Gasteiger charge is -1.93.